The van der Waals surface area contributed by atoms with Gasteiger partial charge in [-0.15, -0.1) is 0 Å². The number of nitrogens with one attached hydrogen (secondary N) is 1. The lowest BCUT2D eigenvalue weighted by Crippen LogP contribution is -2.32. The first-order chi connectivity index (χ1) is 5.56. The average molecular weight is 170 g/mol. The number of carbonyl (C=O) groups is 1. The summed E-state index contributed by atoms with van der Waals surface area (Å²) in [5.74, 6) is 0.313. The normalized spacial score (nSPS) is 11.9. The van der Waals surface area contributed by atoms with E-state index in [1.165, 1.54) is 0 Å². The van der Waals surface area contributed by atoms with Crippen molar-refractivity contribution in [3.05, 3.63) is 0 Å². The predicted molar refractivity (Wildman–Crippen MR) is 44.4 cm³/mol. The molecule has 0 bridgehead atoms. The number of ether oxygens (including phenoxy) is 1. The van der Waals surface area contributed by atoms with Gasteiger partial charge in [-0.2, -0.15) is 5.26 Å². The van der Waals surface area contributed by atoms with Crippen molar-refractivity contribution in [3.63, 3.8) is 0 Å². The molecule has 0 rings (SSSR count). The van der Waals surface area contributed by atoms with Crippen LogP contribution in [0, 0.1) is 17.2 Å². The minimum atomic E-state index is -0.530. The van der Waals surface area contributed by atoms with E-state index in [-0.39, 0.29) is 0 Å². The molecule has 0 fully saturated rings. The number of rotatable bonds is 3. The largest absolute Gasteiger partial charge is 0.449 e. The Morgan fingerprint density at radius 2 is 2.17 bits per heavy atom. The molecule has 0 saturated heterocycles. The third-order valence-corrected chi connectivity index (χ3v) is 1.08. The van der Waals surface area contributed by atoms with Gasteiger partial charge in [0.2, 0.25) is 0 Å². The number of alkyl carbamates (subject to hydrolysis) is 1. The van der Waals surface area contributed by atoms with E-state index in [0.717, 1.165) is 0 Å². The maximum Gasteiger partial charge on any atom is 0.408 e. The lowest BCUT2D eigenvalue weighted by atomic mass is 10.2. The van der Waals surface area contributed by atoms with Crippen LogP contribution in [0.1, 0.15) is 20.8 Å². The Kier molecular flexibility index (Phi) is 4.86. The van der Waals surface area contributed by atoms with Gasteiger partial charge in [-0.25, -0.2) is 4.79 Å². The van der Waals surface area contributed by atoms with E-state index in [9.17, 15) is 4.79 Å². The van der Waals surface area contributed by atoms with Gasteiger partial charge in [-0.3, -0.25) is 0 Å². The van der Waals surface area contributed by atoms with Gasteiger partial charge < -0.3 is 10.1 Å². The molecule has 0 aromatic heterocycles. The zero-order valence-electron chi connectivity index (χ0n) is 7.63. The molecular weight excluding hydrogens is 156 g/mol. The summed E-state index contributed by atoms with van der Waals surface area (Å²) >= 11 is 0. The summed E-state index contributed by atoms with van der Waals surface area (Å²) in [5.41, 5.74) is 0. The number of hydrogen-bond acceptors (Lipinski definition) is 3. The topological polar surface area (TPSA) is 62.1 Å². The van der Waals surface area contributed by atoms with Gasteiger partial charge in [0.1, 0.15) is 6.04 Å². The Morgan fingerprint density at radius 1 is 1.58 bits per heavy atom. The van der Waals surface area contributed by atoms with Crippen LogP contribution in [0.3, 0.4) is 0 Å². The first-order valence-electron chi connectivity index (χ1n) is 3.89. The molecule has 0 aromatic carbocycles. The van der Waals surface area contributed by atoms with Crippen LogP contribution in [0.5, 0.6) is 0 Å². The summed E-state index contributed by atoms with van der Waals surface area (Å²) in [4.78, 5) is 10.8. The summed E-state index contributed by atoms with van der Waals surface area (Å²) in [6, 6.07) is 1.38. The van der Waals surface area contributed by atoms with Gasteiger partial charge in [-0.05, 0) is 12.8 Å². The maximum absolute atomic E-state index is 10.8. The molecular formula is C8H14N2O2. The van der Waals surface area contributed by atoms with Crippen LogP contribution < -0.4 is 5.32 Å². The molecule has 0 spiro atoms. The number of hydrogen-bond donors (Lipinski definition) is 1. The van der Waals surface area contributed by atoms with Crippen molar-refractivity contribution >= 4 is 6.09 Å². The SMILES string of the molecule is CC(C)COC(=O)NC(C)C#N. The van der Waals surface area contributed by atoms with E-state index >= 15 is 0 Å². The minimum Gasteiger partial charge on any atom is -0.449 e. The average Bonchev–Trinajstić information content (AvgIpc) is 2.00. The highest BCUT2D eigenvalue weighted by molar-refractivity contribution is 5.67. The lowest BCUT2D eigenvalue weighted by Gasteiger charge is -2.09. The van der Waals surface area contributed by atoms with Gasteiger partial charge in [0.05, 0.1) is 12.7 Å². The Balaban J connectivity index is 3.55. The van der Waals surface area contributed by atoms with Crippen LogP contribution in [0.25, 0.3) is 0 Å². The summed E-state index contributed by atoms with van der Waals surface area (Å²) in [5, 5.41) is 10.7. The first-order valence-corrected chi connectivity index (χ1v) is 3.89. The summed E-state index contributed by atoms with van der Waals surface area (Å²) < 4.78 is 4.77. The molecule has 1 atom stereocenters. The Morgan fingerprint density at radius 3 is 2.58 bits per heavy atom. The Bertz CT molecular complexity index is 184. The maximum atomic E-state index is 10.8. The second kappa shape index (κ2) is 5.42. The first kappa shape index (κ1) is 10.8. The van der Waals surface area contributed by atoms with Gasteiger partial charge in [0.15, 0.2) is 0 Å². The Hall–Kier alpha value is -1.24. The van der Waals surface area contributed by atoms with E-state index in [4.69, 9.17) is 10.00 Å². The molecule has 12 heavy (non-hydrogen) atoms. The fourth-order valence-electron chi connectivity index (χ4n) is 0.493. The van der Waals surface area contributed by atoms with Gasteiger partial charge in [0.25, 0.3) is 0 Å². The van der Waals surface area contributed by atoms with Crippen molar-refractivity contribution in [2.75, 3.05) is 6.61 Å². The summed E-state index contributed by atoms with van der Waals surface area (Å²) in [6.45, 7) is 5.86. The molecule has 1 unspecified atom stereocenters. The molecule has 0 aliphatic heterocycles. The second-order valence-corrected chi connectivity index (χ2v) is 2.99. The summed E-state index contributed by atoms with van der Waals surface area (Å²) in [7, 11) is 0. The monoisotopic (exact) mass is 170 g/mol. The van der Waals surface area contributed by atoms with Crippen molar-refractivity contribution in [1.29, 1.82) is 5.26 Å². The highest BCUT2D eigenvalue weighted by atomic mass is 16.5. The fourth-order valence-corrected chi connectivity index (χ4v) is 0.493. The molecule has 0 saturated carbocycles. The molecule has 4 heteroatoms. The minimum absolute atomic E-state index is 0.313. The Labute approximate surface area is 72.5 Å². The number of carbonyl (C=O) groups excluding carboxylic acids is 1. The van der Waals surface area contributed by atoms with Crippen molar-refractivity contribution in [1.82, 2.24) is 5.32 Å². The van der Waals surface area contributed by atoms with Crippen LogP contribution >= 0.6 is 0 Å². The molecule has 1 N–H and O–H groups in total. The highest BCUT2D eigenvalue weighted by Crippen LogP contribution is 1.92. The molecule has 0 heterocycles. The predicted octanol–water partition coefficient (Wildman–Crippen LogP) is 1.28. The number of amides is 1. The van der Waals surface area contributed by atoms with Crippen LogP contribution in [-0.2, 0) is 4.74 Å². The van der Waals surface area contributed by atoms with Gasteiger partial charge in [0, 0.05) is 0 Å². The molecule has 0 aliphatic rings. The number of nitrogens with zero attached hydrogens (tertiary/aromatic N) is 1. The third kappa shape index (κ3) is 5.54. The quantitative estimate of drug-likeness (QED) is 0.694. The molecule has 68 valence electrons. The zero-order chi connectivity index (χ0) is 9.56. The van der Waals surface area contributed by atoms with Crippen LogP contribution in [0.15, 0.2) is 0 Å². The zero-order valence-corrected chi connectivity index (χ0v) is 7.63. The highest BCUT2D eigenvalue weighted by Gasteiger charge is 2.06. The van der Waals surface area contributed by atoms with Crippen molar-refractivity contribution in [2.24, 2.45) is 5.92 Å². The molecule has 0 aliphatic carbocycles. The standard InChI is InChI=1S/C8H14N2O2/c1-6(2)5-12-8(11)10-7(3)4-9/h6-7H,5H2,1-3H3,(H,10,11). The van der Waals surface area contributed by atoms with Crippen molar-refractivity contribution in [2.45, 2.75) is 26.8 Å². The van der Waals surface area contributed by atoms with Crippen LogP contribution in [0.4, 0.5) is 4.79 Å². The fraction of sp³-hybridized carbons (Fsp3) is 0.750. The van der Waals surface area contributed by atoms with Crippen LogP contribution in [-0.4, -0.2) is 18.7 Å². The van der Waals surface area contributed by atoms with Gasteiger partial charge in [-0.1, -0.05) is 13.8 Å². The molecule has 1 amide bonds. The molecule has 0 radical (unpaired) electrons. The third-order valence-electron chi connectivity index (χ3n) is 1.08. The molecule has 4 nitrogen and oxygen atoms in total. The molecule has 0 aromatic rings. The number of nitriles is 1. The van der Waals surface area contributed by atoms with E-state index in [0.29, 0.717) is 12.5 Å². The van der Waals surface area contributed by atoms with Crippen molar-refractivity contribution in [3.8, 4) is 6.07 Å². The van der Waals surface area contributed by atoms with E-state index < -0.39 is 12.1 Å². The van der Waals surface area contributed by atoms with Crippen LogP contribution in [0.2, 0.25) is 0 Å². The van der Waals surface area contributed by atoms with Gasteiger partial charge >= 0.3 is 6.09 Å². The summed E-state index contributed by atoms with van der Waals surface area (Å²) in [6.07, 6.45) is -0.530. The van der Waals surface area contributed by atoms with E-state index in [2.05, 4.69) is 5.32 Å². The smallest absolute Gasteiger partial charge is 0.408 e. The van der Waals surface area contributed by atoms with E-state index in [1.54, 1.807) is 6.92 Å². The van der Waals surface area contributed by atoms with Crippen molar-refractivity contribution < 1.29 is 9.53 Å². The second-order valence-electron chi connectivity index (χ2n) is 2.99. The lowest BCUT2D eigenvalue weighted by molar-refractivity contribution is 0.132. The van der Waals surface area contributed by atoms with E-state index in [1.807, 2.05) is 19.9 Å².